The van der Waals surface area contributed by atoms with Crippen LogP contribution < -0.4 is 15.8 Å². The van der Waals surface area contributed by atoms with Crippen LogP contribution in [0, 0.1) is 0 Å². The molecule has 120 valence electrons. The first-order chi connectivity index (χ1) is 10.8. The highest BCUT2D eigenvalue weighted by molar-refractivity contribution is 6.31. The maximum absolute atomic E-state index is 11.2. The molecule has 6 heteroatoms. The van der Waals surface area contributed by atoms with Crippen LogP contribution in [0.2, 0.25) is 5.02 Å². The van der Waals surface area contributed by atoms with E-state index in [0.717, 1.165) is 11.1 Å². The van der Waals surface area contributed by atoms with Gasteiger partial charge in [0.25, 0.3) is 5.91 Å². The molecule has 0 saturated heterocycles. The fraction of sp³-hybridized carbons (Fsp3) is 0.176. The van der Waals surface area contributed by atoms with Crippen LogP contribution in [0.1, 0.15) is 13.8 Å². The van der Waals surface area contributed by atoms with Crippen LogP contribution in [0.5, 0.6) is 5.75 Å². The molecule has 2 amide bonds. The largest absolute Gasteiger partial charge is 0.481 e. The van der Waals surface area contributed by atoms with Gasteiger partial charge in [-0.15, -0.1) is 0 Å². The molecule has 0 aliphatic carbocycles. The number of carbonyl (C=O) groups excluding carboxylic acids is 2. The molecule has 0 bridgehead atoms. The highest BCUT2D eigenvalue weighted by Crippen LogP contribution is 2.30. The Hall–Kier alpha value is -2.53. The SMILES string of the molecule is CC(=O)Nc1cccc(-c2cc(Cl)cc(OC(C)C(N)=O)c2)c1. The molecule has 0 fully saturated rings. The van der Waals surface area contributed by atoms with Gasteiger partial charge in [0.15, 0.2) is 6.10 Å². The summed E-state index contributed by atoms with van der Waals surface area (Å²) < 4.78 is 5.48. The number of primary amides is 1. The third-order valence-corrected chi connectivity index (χ3v) is 3.32. The van der Waals surface area contributed by atoms with Crippen molar-refractivity contribution in [3.8, 4) is 16.9 Å². The van der Waals surface area contributed by atoms with Crippen LogP contribution >= 0.6 is 11.6 Å². The second-order valence-corrected chi connectivity index (χ2v) is 5.54. The molecule has 0 saturated carbocycles. The van der Waals surface area contributed by atoms with E-state index in [0.29, 0.717) is 16.5 Å². The molecule has 5 nitrogen and oxygen atoms in total. The van der Waals surface area contributed by atoms with Crippen molar-refractivity contribution in [3.05, 3.63) is 47.5 Å². The van der Waals surface area contributed by atoms with Crippen molar-refractivity contribution in [1.82, 2.24) is 0 Å². The lowest BCUT2D eigenvalue weighted by Gasteiger charge is -2.13. The van der Waals surface area contributed by atoms with Crippen molar-refractivity contribution in [1.29, 1.82) is 0 Å². The van der Waals surface area contributed by atoms with Crippen molar-refractivity contribution in [2.45, 2.75) is 20.0 Å². The van der Waals surface area contributed by atoms with E-state index in [4.69, 9.17) is 22.1 Å². The molecular formula is C17H17ClN2O3. The van der Waals surface area contributed by atoms with Crippen LogP contribution in [0.4, 0.5) is 5.69 Å². The fourth-order valence-electron chi connectivity index (χ4n) is 2.04. The summed E-state index contributed by atoms with van der Waals surface area (Å²) in [6.45, 7) is 3.02. The minimum absolute atomic E-state index is 0.146. The van der Waals surface area contributed by atoms with Gasteiger partial charge in [-0.3, -0.25) is 9.59 Å². The smallest absolute Gasteiger partial charge is 0.258 e. The Kier molecular flexibility index (Phi) is 5.24. The molecule has 1 atom stereocenters. The number of benzene rings is 2. The van der Waals surface area contributed by atoms with Crippen molar-refractivity contribution < 1.29 is 14.3 Å². The lowest BCUT2D eigenvalue weighted by atomic mass is 10.0. The number of anilines is 1. The quantitative estimate of drug-likeness (QED) is 0.882. The summed E-state index contributed by atoms with van der Waals surface area (Å²) in [6, 6.07) is 12.5. The van der Waals surface area contributed by atoms with Gasteiger partial charge < -0.3 is 15.8 Å². The van der Waals surface area contributed by atoms with E-state index in [2.05, 4.69) is 5.32 Å². The van der Waals surface area contributed by atoms with Gasteiger partial charge in [-0.25, -0.2) is 0 Å². The van der Waals surface area contributed by atoms with Gasteiger partial charge in [0.05, 0.1) is 0 Å². The highest BCUT2D eigenvalue weighted by Gasteiger charge is 2.12. The van der Waals surface area contributed by atoms with Crippen LogP contribution in [-0.2, 0) is 9.59 Å². The molecule has 0 radical (unpaired) electrons. The monoisotopic (exact) mass is 332 g/mol. The molecule has 0 spiro atoms. The standard InChI is InChI=1S/C17H17ClN2O3/c1-10(17(19)22)23-16-8-13(6-14(18)9-16)12-4-3-5-15(7-12)20-11(2)21/h3-10H,1-2H3,(H2,19,22)(H,20,21). The van der Waals surface area contributed by atoms with E-state index in [9.17, 15) is 9.59 Å². The van der Waals surface area contributed by atoms with Crippen LogP contribution in [-0.4, -0.2) is 17.9 Å². The minimum Gasteiger partial charge on any atom is -0.481 e. The minimum atomic E-state index is -0.757. The summed E-state index contributed by atoms with van der Waals surface area (Å²) in [5.74, 6) is -0.254. The number of halogens is 1. The number of hydrogen-bond donors (Lipinski definition) is 2. The predicted molar refractivity (Wildman–Crippen MR) is 90.5 cm³/mol. The molecule has 0 aromatic heterocycles. The molecule has 0 aliphatic heterocycles. The summed E-state index contributed by atoms with van der Waals surface area (Å²) in [5, 5.41) is 3.20. The maximum atomic E-state index is 11.2. The molecule has 0 aliphatic rings. The first kappa shape index (κ1) is 16.8. The van der Waals surface area contributed by atoms with Crippen LogP contribution in [0.25, 0.3) is 11.1 Å². The molecule has 2 rings (SSSR count). The molecule has 1 unspecified atom stereocenters. The Morgan fingerprint density at radius 2 is 1.91 bits per heavy atom. The lowest BCUT2D eigenvalue weighted by molar-refractivity contribution is -0.124. The zero-order valence-corrected chi connectivity index (χ0v) is 13.6. The van der Waals surface area contributed by atoms with Crippen molar-refractivity contribution in [2.75, 3.05) is 5.32 Å². The van der Waals surface area contributed by atoms with Gasteiger partial charge in [-0.05, 0) is 48.4 Å². The third-order valence-electron chi connectivity index (χ3n) is 3.10. The summed E-state index contributed by atoms with van der Waals surface area (Å²) in [6.07, 6.45) is -0.757. The average Bonchev–Trinajstić information content (AvgIpc) is 2.46. The number of carbonyl (C=O) groups is 2. The Balaban J connectivity index is 2.34. The zero-order chi connectivity index (χ0) is 17.0. The van der Waals surface area contributed by atoms with Gasteiger partial charge >= 0.3 is 0 Å². The van der Waals surface area contributed by atoms with E-state index in [-0.39, 0.29) is 5.91 Å². The van der Waals surface area contributed by atoms with Crippen molar-refractivity contribution >= 4 is 29.1 Å². The second kappa shape index (κ2) is 7.15. The first-order valence-corrected chi connectivity index (χ1v) is 7.37. The zero-order valence-electron chi connectivity index (χ0n) is 12.8. The van der Waals surface area contributed by atoms with Crippen LogP contribution in [0.3, 0.4) is 0 Å². The Morgan fingerprint density at radius 1 is 1.17 bits per heavy atom. The van der Waals surface area contributed by atoms with Gasteiger partial charge in [-0.2, -0.15) is 0 Å². The summed E-state index contributed by atoms with van der Waals surface area (Å²) in [4.78, 5) is 22.3. The molecule has 3 N–H and O–H groups in total. The molecule has 23 heavy (non-hydrogen) atoms. The number of amides is 2. The van der Waals surface area contributed by atoms with E-state index >= 15 is 0 Å². The highest BCUT2D eigenvalue weighted by atomic mass is 35.5. The van der Waals surface area contributed by atoms with Crippen molar-refractivity contribution in [3.63, 3.8) is 0 Å². The first-order valence-electron chi connectivity index (χ1n) is 7.00. The average molecular weight is 333 g/mol. The molecule has 2 aromatic carbocycles. The Morgan fingerprint density at radius 3 is 2.57 bits per heavy atom. The predicted octanol–water partition coefficient (Wildman–Crippen LogP) is 3.22. The Bertz CT molecular complexity index is 746. The van der Waals surface area contributed by atoms with Gasteiger partial charge in [0, 0.05) is 17.6 Å². The number of nitrogens with one attached hydrogen (secondary N) is 1. The topological polar surface area (TPSA) is 81.4 Å². The Labute approximate surface area is 139 Å². The number of ether oxygens (including phenoxy) is 1. The lowest BCUT2D eigenvalue weighted by Crippen LogP contribution is -2.30. The van der Waals surface area contributed by atoms with Crippen LogP contribution in [0.15, 0.2) is 42.5 Å². The third kappa shape index (κ3) is 4.72. The van der Waals surface area contributed by atoms with Gasteiger partial charge in [0.2, 0.25) is 5.91 Å². The number of nitrogens with two attached hydrogens (primary N) is 1. The van der Waals surface area contributed by atoms with Crippen molar-refractivity contribution in [2.24, 2.45) is 5.73 Å². The van der Waals surface area contributed by atoms with Gasteiger partial charge in [0.1, 0.15) is 5.75 Å². The molecule has 0 heterocycles. The summed E-state index contributed by atoms with van der Waals surface area (Å²) in [5.41, 5.74) is 7.54. The second-order valence-electron chi connectivity index (χ2n) is 5.10. The summed E-state index contributed by atoms with van der Waals surface area (Å²) in [7, 11) is 0. The number of hydrogen-bond acceptors (Lipinski definition) is 3. The summed E-state index contributed by atoms with van der Waals surface area (Å²) >= 11 is 6.12. The van der Waals surface area contributed by atoms with E-state index in [1.54, 1.807) is 31.2 Å². The maximum Gasteiger partial charge on any atom is 0.258 e. The normalized spacial score (nSPS) is 11.6. The number of rotatable bonds is 5. The molecular weight excluding hydrogens is 316 g/mol. The molecule has 2 aromatic rings. The van der Waals surface area contributed by atoms with E-state index in [1.807, 2.05) is 18.2 Å². The van der Waals surface area contributed by atoms with E-state index in [1.165, 1.54) is 6.92 Å². The fourth-order valence-corrected chi connectivity index (χ4v) is 2.26. The van der Waals surface area contributed by atoms with E-state index < -0.39 is 12.0 Å². The van der Waals surface area contributed by atoms with Gasteiger partial charge in [-0.1, -0.05) is 23.7 Å².